The first-order chi connectivity index (χ1) is 9.32. The zero-order valence-electron chi connectivity index (χ0n) is 11.5. The molecule has 1 atom stereocenters. The van der Waals surface area contributed by atoms with Crippen LogP contribution in [-0.4, -0.2) is 27.6 Å². The van der Waals surface area contributed by atoms with Crippen molar-refractivity contribution in [1.29, 1.82) is 0 Å². The molecule has 0 heterocycles. The number of sulfonamides is 1. The third kappa shape index (κ3) is 3.09. The first-order valence-corrected chi connectivity index (χ1v) is 8.26. The number of benzene rings is 1. The van der Waals surface area contributed by atoms with Crippen LogP contribution in [0.3, 0.4) is 0 Å². The number of rotatable bonds is 6. The normalized spacial score (nSPS) is 18.6. The van der Waals surface area contributed by atoms with E-state index in [9.17, 15) is 8.42 Å². The van der Waals surface area contributed by atoms with Crippen molar-refractivity contribution in [2.45, 2.75) is 30.2 Å². The molecule has 0 saturated heterocycles. The van der Waals surface area contributed by atoms with E-state index in [1.807, 2.05) is 6.92 Å². The molecule has 0 amide bonds. The van der Waals surface area contributed by atoms with Gasteiger partial charge in [0.1, 0.15) is 10.6 Å². The smallest absolute Gasteiger partial charge is 0.244 e. The van der Waals surface area contributed by atoms with Gasteiger partial charge < -0.3 is 10.5 Å². The lowest BCUT2D eigenvalue weighted by Crippen LogP contribution is -2.53. The summed E-state index contributed by atoms with van der Waals surface area (Å²) in [4.78, 5) is 0.0738. The molecule has 20 heavy (non-hydrogen) atoms. The van der Waals surface area contributed by atoms with Crippen LogP contribution in [0.5, 0.6) is 5.75 Å². The Bertz CT molecular complexity index is 602. The summed E-state index contributed by atoms with van der Waals surface area (Å²) in [5, 5.41) is 0.421. The van der Waals surface area contributed by atoms with Gasteiger partial charge in [0.15, 0.2) is 0 Å². The molecular weight excluding hydrogens is 300 g/mol. The van der Waals surface area contributed by atoms with E-state index in [0.717, 1.165) is 12.8 Å². The summed E-state index contributed by atoms with van der Waals surface area (Å²) in [7, 11) is -2.30. The van der Waals surface area contributed by atoms with E-state index in [-0.39, 0.29) is 17.2 Å². The predicted molar refractivity (Wildman–Crippen MR) is 78.5 cm³/mol. The average molecular weight is 319 g/mol. The summed E-state index contributed by atoms with van der Waals surface area (Å²) < 4.78 is 32.9. The van der Waals surface area contributed by atoms with Crippen molar-refractivity contribution in [3.63, 3.8) is 0 Å². The van der Waals surface area contributed by atoms with Crippen molar-refractivity contribution in [3.05, 3.63) is 23.2 Å². The third-order valence-corrected chi connectivity index (χ3v) is 5.57. The maximum Gasteiger partial charge on any atom is 0.244 e. The number of nitrogens with one attached hydrogen (secondary N) is 1. The van der Waals surface area contributed by atoms with Crippen LogP contribution in [0.15, 0.2) is 23.1 Å². The van der Waals surface area contributed by atoms with Crippen molar-refractivity contribution in [3.8, 4) is 5.75 Å². The zero-order valence-corrected chi connectivity index (χ0v) is 13.1. The van der Waals surface area contributed by atoms with Gasteiger partial charge in [-0.2, -0.15) is 0 Å². The molecule has 5 nitrogen and oxygen atoms in total. The molecule has 0 aromatic heterocycles. The van der Waals surface area contributed by atoms with Crippen LogP contribution in [0.2, 0.25) is 5.02 Å². The second kappa shape index (κ2) is 5.52. The lowest BCUT2D eigenvalue weighted by molar-refractivity contribution is 0.370. The van der Waals surface area contributed by atoms with Gasteiger partial charge in [0, 0.05) is 23.2 Å². The summed E-state index contributed by atoms with van der Waals surface area (Å²) in [6.45, 7) is 2.09. The van der Waals surface area contributed by atoms with Gasteiger partial charge in [-0.25, -0.2) is 13.1 Å². The Morgan fingerprint density at radius 3 is 2.65 bits per heavy atom. The molecule has 112 valence electrons. The minimum absolute atomic E-state index is 0.0738. The molecule has 1 aliphatic rings. The van der Waals surface area contributed by atoms with E-state index in [1.165, 1.54) is 25.3 Å². The Kier molecular flexibility index (Phi) is 4.30. The number of methoxy groups -OCH3 is 1. The Labute approximate surface area is 124 Å². The molecule has 1 aromatic rings. The fourth-order valence-corrected chi connectivity index (χ4v) is 4.03. The molecule has 1 aromatic carbocycles. The van der Waals surface area contributed by atoms with E-state index in [4.69, 9.17) is 22.1 Å². The minimum atomic E-state index is -3.71. The van der Waals surface area contributed by atoms with Crippen LogP contribution in [0.1, 0.15) is 19.8 Å². The molecule has 1 saturated carbocycles. The lowest BCUT2D eigenvalue weighted by Gasteiger charge is -2.29. The zero-order chi connectivity index (χ0) is 15.0. The minimum Gasteiger partial charge on any atom is -0.495 e. The molecule has 0 bridgehead atoms. The summed E-state index contributed by atoms with van der Waals surface area (Å²) in [5.41, 5.74) is 5.13. The molecular formula is C13H19ClN2O3S. The van der Waals surface area contributed by atoms with Crippen molar-refractivity contribution >= 4 is 21.6 Å². The van der Waals surface area contributed by atoms with Gasteiger partial charge in [-0.15, -0.1) is 0 Å². The number of halogens is 1. The van der Waals surface area contributed by atoms with Crippen LogP contribution in [-0.2, 0) is 10.0 Å². The number of hydrogen-bond acceptors (Lipinski definition) is 4. The fourth-order valence-electron chi connectivity index (χ4n) is 2.24. The number of ether oxygens (including phenoxy) is 1. The van der Waals surface area contributed by atoms with Crippen LogP contribution in [0.25, 0.3) is 0 Å². The van der Waals surface area contributed by atoms with Gasteiger partial charge in [-0.05, 0) is 37.8 Å². The Hall–Kier alpha value is -0.820. The van der Waals surface area contributed by atoms with E-state index in [1.54, 1.807) is 0 Å². The van der Waals surface area contributed by atoms with Crippen LogP contribution in [0, 0.1) is 5.92 Å². The van der Waals surface area contributed by atoms with Crippen LogP contribution in [0.4, 0.5) is 0 Å². The first kappa shape index (κ1) is 15.6. The van der Waals surface area contributed by atoms with Gasteiger partial charge in [0.25, 0.3) is 0 Å². The van der Waals surface area contributed by atoms with Crippen molar-refractivity contribution < 1.29 is 13.2 Å². The van der Waals surface area contributed by atoms with Gasteiger partial charge in [-0.3, -0.25) is 0 Å². The van der Waals surface area contributed by atoms with E-state index in [0.29, 0.717) is 10.9 Å². The molecule has 0 radical (unpaired) electrons. The number of nitrogens with two attached hydrogens (primary N) is 1. The largest absolute Gasteiger partial charge is 0.495 e. The highest BCUT2D eigenvalue weighted by atomic mass is 35.5. The van der Waals surface area contributed by atoms with Gasteiger partial charge in [-0.1, -0.05) is 11.6 Å². The highest BCUT2D eigenvalue weighted by Gasteiger charge is 2.43. The van der Waals surface area contributed by atoms with Crippen molar-refractivity contribution in [2.75, 3.05) is 13.7 Å². The van der Waals surface area contributed by atoms with Crippen molar-refractivity contribution in [2.24, 2.45) is 11.7 Å². The molecule has 2 rings (SSSR count). The topological polar surface area (TPSA) is 81.4 Å². The molecule has 0 spiro atoms. The van der Waals surface area contributed by atoms with Gasteiger partial charge >= 0.3 is 0 Å². The average Bonchev–Trinajstić information content (AvgIpc) is 3.22. The second-order valence-corrected chi connectivity index (χ2v) is 7.38. The van der Waals surface area contributed by atoms with Gasteiger partial charge in [0.05, 0.1) is 7.11 Å². The molecule has 3 N–H and O–H groups in total. The van der Waals surface area contributed by atoms with E-state index < -0.39 is 15.6 Å². The van der Waals surface area contributed by atoms with E-state index >= 15 is 0 Å². The maximum absolute atomic E-state index is 12.5. The van der Waals surface area contributed by atoms with Crippen LogP contribution < -0.4 is 15.2 Å². The van der Waals surface area contributed by atoms with Gasteiger partial charge in [0.2, 0.25) is 10.0 Å². The number of hydrogen-bond donors (Lipinski definition) is 2. The third-order valence-electron chi connectivity index (χ3n) is 3.69. The predicted octanol–water partition coefficient (Wildman–Crippen LogP) is 1.75. The van der Waals surface area contributed by atoms with Crippen LogP contribution >= 0.6 is 11.6 Å². The molecule has 0 aliphatic heterocycles. The molecule has 1 fully saturated rings. The highest BCUT2D eigenvalue weighted by Crippen LogP contribution is 2.40. The first-order valence-electron chi connectivity index (χ1n) is 6.40. The van der Waals surface area contributed by atoms with Crippen molar-refractivity contribution in [1.82, 2.24) is 4.72 Å². The second-order valence-electron chi connectivity index (χ2n) is 5.30. The maximum atomic E-state index is 12.5. The monoisotopic (exact) mass is 318 g/mol. The summed E-state index contributed by atoms with van der Waals surface area (Å²) in [6, 6.07) is 4.44. The standard InChI is InChI=1S/C13H19ClN2O3S/c1-13(8-15,9-3-4-9)16-20(17,18)12-6-5-10(14)7-11(12)19-2/h5-7,9,16H,3-4,8,15H2,1-2H3. The highest BCUT2D eigenvalue weighted by molar-refractivity contribution is 7.89. The SMILES string of the molecule is COc1cc(Cl)ccc1S(=O)(=O)NC(C)(CN)C1CC1. The molecule has 1 unspecified atom stereocenters. The Morgan fingerprint density at radius 1 is 1.50 bits per heavy atom. The lowest BCUT2D eigenvalue weighted by atomic mass is 9.98. The Balaban J connectivity index is 2.35. The molecule has 7 heteroatoms. The Morgan fingerprint density at radius 2 is 2.15 bits per heavy atom. The molecule has 1 aliphatic carbocycles. The quantitative estimate of drug-likeness (QED) is 0.837. The summed E-state index contributed by atoms with van der Waals surface area (Å²) >= 11 is 5.85. The summed E-state index contributed by atoms with van der Waals surface area (Å²) in [6.07, 6.45) is 1.99. The summed E-state index contributed by atoms with van der Waals surface area (Å²) in [5.74, 6) is 0.515. The van der Waals surface area contributed by atoms with E-state index in [2.05, 4.69) is 4.72 Å². The fraction of sp³-hybridized carbons (Fsp3) is 0.538.